The Kier molecular flexibility index (Phi) is 3.44. The molecular weight excluding hydrogens is 200 g/mol. The van der Waals surface area contributed by atoms with Crippen molar-refractivity contribution in [3.8, 4) is 5.75 Å². The van der Waals surface area contributed by atoms with E-state index in [4.69, 9.17) is 4.74 Å². The number of aryl methyl sites for hydroxylation is 1. The SMILES string of the molecule is COc1cc(C)nc(CNCC2CC2C)c1. The van der Waals surface area contributed by atoms with Gasteiger partial charge in [-0.2, -0.15) is 0 Å². The minimum atomic E-state index is 0.835. The van der Waals surface area contributed by atoms with Gasteiger partial charge in [0.15, 0.2) is 0 Å². The minimum Gasteiger partial charge on any atom is -0.497 e. The van der Waals surface area contributed by atoms with Gasteiger partial charge in [0.05, 0.1) is 12.8 Å². The van der Waals surface area contributed by atoms with Crippen molar-refractivity contribution < 1.29 is 4.74 Å². The maximum Gasteiger partial charge on any atom is 0.122 e. The number of rotatable bonds is 5. The highest BCUT2D eigenvalue weighted by Crippen LogP contribution is 2.36. The first-order valence-corrected chi connectivity index (χ1v) is 5.91. The molecule has 1 aromatic rings. The molecule has 1 aliphatic rings. The van der Waals surface area contributed by atoms with Gasteiger partial charge in [-0.1, -0.05) is 6.92 Å². The number of aromatic nitrogens is 1. The van der Waals surface area contributed by atoms with Crippen molar-refractivity contribution in [3.05, 3.63) is 23.5 Å². The van der Waals surface area contributed by atoms with Crippen LogP contribution in [0, 0.1) is 18.8 Å². The van der Waals surface area contributed by atoms with E-state index in [2.05, 4.69) is 17.2 Å². The maximum atomic E-state index is 5.22. The first kappa shape index (κ1) is 11.4. The fourth-order valence-electron chi connectivity index (χ4n) is 1.98. The quantitative estimate of drug-likeness (QED) is 0.825. The molecule has 2 atom stereocenters. The van der Waals surface area contributed by atoms with Crippen molar-refractivity contribution in [1.82, 2.24) is 10.3 Å². The number of hydrogen-bond acceptors (Lipinski definition) is 3. The summed E-state index contributed by atoms with van der Waals surface area (Å²) in [5, 5.41) is 3.45. The predicted molar refractivity (Wildman–Crippen MR) is 64.5 cm³/mol. The zero-order valence-corrected chi connectivity index (χ0v) is 10.3. The van der Waals surface area contributed by atoms with E-state index in [0.29, 0.717) is 0 Å². The van der Waals surface area contributed by atoms with Crippen molar-refractivity contribution in [2.45, 2.75) is 26.8 Å². The van der Waals surface area contributed by atoms with Crippen LogP contribution in [-0.4, -0.2) is 18.6 Å². The third kappa shape index (κ3) is 2.95. The van der Waals surface area contributed by atoms with E-state index in [-0.39, 0.29) is 0 Å². The summed E-state index contributed by atoms with van der Waals surface area (Å²) < 4.78 is 5.22. The zero-order valence-electron chi connectivity index (χ0n) is 10.3. The normalized spacial score (nSPS) is 23.2. The first-order chi connectivity index (χ1) is 7.69. The molecule has 1 heterocycles. The van der Waals surface area contributed by atoms with Gasteiger partial charge in [0.2, 0.25) is 0 Å². The number of nitrogens with one attached hydrogen (secondary N) is 1. The van der Waals surface area contributed by atoms with Crippen LogP contribution in [0.1, 0.15) is 24.7 Å². The van der Waals surface area contributed by atoms with Gasteiger partial charge < -0.3 is 10.1 Å². The van der Waals surface area contributed by atoms with Crippen LogP contribution in [0.3, 0.4) is 0 Å². The number of methoxy groups -OCH3 is 1. The van der Waals surface area contributed by atoms with E-state index >= 15 is 0 Å². The van der Waals surface area contributed by atoms with Crippen LogP contribution in [0.4, 0.5) is 0 Å². The molecule has 0 aromatic carbocycles. The van der Waals surface area contributed by atoms with Gasteiger partial charge >= 0.3 is 0 Å². The van der Waals surface area contributed by atoms with Gasteiger partial charge in [0, 0.05) is 24.4 Å². The van der Waals surface area contributed by atoms with Crippen LogP contribution >= 0.6 is 0 Å². The van der Waals surface area contributed by atoms with E-state index in [9.17, 15) is 0 Å². The van der Waals surface area contributed by atoms with E-state index in [1.165, 1.54) is 6.42 Å². The van der Waals surface area contributed by atoms with Gasteiger partial charge in [-0.15, -0.1) is 0 Å². The molecule has 3 heteroatoms. The zero-order chi connectivity index (χ0) is 11.5. The summed E-state index contributed by atoms with van der Waals surface area (Å²) in [6.45, 7) is 6.25. The van der Waals surface area contributed by atoms with Crippen LogP contribution in [0.25, 0.3) is 0 Å². The lowest BCUT2D eigenvalue weighted by Gasteiger charge is -2.07. The summed E-state index contributed by atoms with van der Waals surface area (Å²) in [5.74, 6) is 2.68. The lowest BCUT2D eigenvalue weighted by Crippen LogP contribution is -2.17. The molecule has 1 fully saturated rings. The van der Waals surface area contributed by atoms with Gasteiger partial charge in [0.1, 0.15) is 5.75 Å². The van der Waals surface area contributed by atoms with Gasteiger partial charge in [0.25, 0.3) is 0 Å². The molecule has 1 aliphatic carbocycles. The standard InChI is InChI=1S/C13H20N2O/c1-9-4-11(9)7-14-8-12-6-13(16-3)5-10(2)15-12/h5-6,9,11,14H,4,7-8H2,1-3H3. The fraction of sp³-hybridized carbons (Fsp3) is 0.615. The molecule has 2 rings (SSSR count). The second-order valence-electron chi connectivity index (χ2n) is 4.74. The predicted octanol–water partition coefficient (Wildman–Crippen LogP) is 2.14. The fourth-order valence-corrected chi connectivity index (χ4v) is 1.98. The lowest BCUT2D eigenvalue weighted by molar-refractivity contribution is 0.412. The van der Waals surface area contributed by atoms with Crippen LogP contribution in [0.15, 0.2) is 12.1 Å². The number of nitrogens with zero attached hydrogens (tertiary/aromatic N) is 1. The van der Waals surface area contributed by atoms with E-state index in [1.54, 1.807) is 7.11 Å². The molecular formula is C13H20N2O. The summed E-state index contributed by atoms with van der Waals surface area (Å²) in [6, 6.07) is 3.95. The summed E-state index contributed by atoms with van der Waals surface area (Å²) in [4.78, 5) is 4.48. The third-order valence-corrected chi connectivity index (χ3v) is 3.20. The van der Waals surface area contributed by atoms with Crippen LogP contribution in [-0.2, 0) is 6.54 Å². The topological polar surface area (TPSA) is 34.1 Å². The van der Waals surface area contributed by atoms with Crippen molar-refractivity contribution in [3.63, 3.8) is 0 Å². The first-order valence-electron chi connectivity index (χ1n) is 5.91. The molecule has 16 heavy (non-hydrogen) atoms. The number of pyridine rings is 1. The molecule has 1 aromatic heterocycles. The molecule has 0 spiro atoms. The second kappa shape index (κ2) is 4.83. The molecule has 3 nitrogen and oxygen atoms in total. The molecule has 2 unspecified atom stereocenters. The Hall–Kier alpha value is -1.09. The highest BCUT2D eigenvalue weighted by Gasteiger charge is 2.31. The van der Waals surface area contributed by atoms with Gasteiger partial charge in [-0.3, -0.25) is 4.98 Å². The van der Waals surface area contributed by atoms with Crippen molar-refractivity contribution in [1.29, 1.82) is 0 Å². The Morgan fingerprint density at radius 2 is 2.25 bits per heavy atom. The average Bonchev–Trinajstić information content (AvgIpc) is 2.94. The van der Waals surface area contributed by atoms with E-state index in [1.807, 2.05) is 19.1 Å². The molecule has 1 saturated carbocycles. The lowest BCUT2D eigenvalue weighted by atomic mass is 10.2. The summed E-state index contributed by atoms with van der Waals surface area (Å²) in [6.07, 6.45) is 1.37. The van der Waals surface area contributed by atoms with Crippen LogP contribution in [0.2, 0.25) is 0 Å². The Labute approximate surface area is 97.2 Å². The Morgan fingerprint density at radius 3 is 2.88 bits per heavy atom. The smallest absolute Gasteiger partial charge is 0.122 e. The molecule has 88 valence electrons. The third-order valence-electron chi connectivity index (χ3n) is 3.20. The molecule has 0 aliphatic heterocycles. The number of hydrogen-bond donors (Lipinski definition) is 1. The summed E-state index contributed by atoms with van der Waals surface area (Å²) in [7, 11) is 1.69. The number of ether oxygens (including phenoxy) is 1. The Balaban J connectivity index is 1.85. The maximum absolute atomic E-state index is 5.22. The molecule has 1 N–H and O–H groups in total. The van der Waals surface area contributed by atoms with Crippen molar-refractivity contribution >= 4 is 0 Å². The summed E-state index contributed by atoms with van der Waals surface area (Å²) in [5.41, 5.74) is 2.07. The summed E-state index contributed by atoms with van der Waals surface area (Å²) >= 11 is 0. The molecule has 0 amide bonds. The van der Waals surface area contributed by atoms with Gasteiger partial charge in [-0.05, 0) is 31.7 Å². The average molecular weight is 220 g/mol. The monoisotopic (exact) mass is 220 g/mol. The second-order valence-corrected chi connectivity index (χ2v) is 4.74. The van der Waals surface area contributed by atoms with E-state index in [0.717, 1.165) is 42.1 Å². The molecule has 0 saturated heterocycles. The minimum absolute atomic E-state index is 0.835. The highest BCUT2D eigenvalue weighted by molar-refractivity contribution is 5.26. The Morgan fingerprint density at radius 1 is 1.50 bits per heavy atom. The largest absolute Gasteiger partial charge is 0.497 e. The molecule has 0 bridgehead atoms. The molecule has 0 radical (unpaired) electrons. The van der Waals surface area contributed by atoms with Crippen molar-refractivity contribution in [2.75, 3.05) is 13.7 Å². The van der Waals surface area contributed by atoms with Crippen molar-refractivity contribution in [2.24, 2.45) is 11.8 Å². The van der Waals surface area contributed by atoms with Gasteiger partial charge in [-0.25, -0.2) is 0 Å². The highest BCUT2D eigenvalue weighted by atomic mass is 16.5. The van der Waals surface area contributed by atoms with Crippen LogP contribution < -0.4 is 10.1 Å². The van der Waals surface area contributed by atoms with Crippen LogP contribution in [0.5, 0.6) is 5.75 Å². The Bertz CT molecular complexity index is 365. The van der Waals surface area contributed by atoms with E-state index < -0.39 is 0 Å².